The van der Waals surface area contributed by atoms with E-state index in [-0.39, 0.29) is 12.2 Å². The van der Waals surface area contributed by atoms with Crippen molar-refractivity contribution in [2.75, 3.05) is 0 Å². The fourth-order valence-corrected chi connectivity index (χ4v) is 1.97. The summed E-state index contributed by atoms with van der Waals surface area (Å²) in [5.74, 6) is 0. The van der Waals surface area contributed by atoms with Gasteiger partial charge in [0.2, 0.25) is 0 Å². The van der Waals surface area contributed by atoms with Crippen molar-refractivity contribution >= 4 is 0 Å². The van der Waals surface area contributed by atoms with Crippen LogP contribution in [0.4, 0.5) is 0 Å². The summed E-state index contributed by atoms with van der Waals surface area (Å²) in [7, 11) is 0. The molecule has 0 bridgehead atoms. The van der Waals surface area contributed by atoms with Crippen molar-refractivity contribution in [1.29, 1.82) is 0 Å². The van der Waals surface area contributed by atoms with Gasteiger partial charge in [-0.05, 0) is 12.5 Å². The summed E-state index contributed by atoms with van der Waals surface area (Å²) < 4.78 is 10.7. The highest BCUT2D eigenvalue weighted by Crippen LogP contribution is 2.22. The molecule has 1 saturated heterocycles. The van der Waals surface area contributed by atoms with Gasteiger partial charge in [-0.1, -0.05) is 30.3 Å². The van der Waals surface area contributed by atoms with E-state index >= 15 is 0 Å². The Labute approximate surface area is 101 Å². The fraction of sp³-hybridized carbons (Fsp3) is 0.538. The number of benzene rings is 1. The van der Waals surface area contributed by atoms with Gasteiger partial charge in [-0.2, -0.15) is 0 Å². The van der Waals surface area contributed by atoms with Gasteiger partial charge in [-0.15, -0.1) is 0 Å². The van der Waals surface area contributed by atoms with Crippen molar-refractivity contribution < 1.29 is 19.7 Å². The van der Waals surface area contributed by atoms with Gasteiger partial charge in [0.15, 0.2) is 6.29 Å². The molecular formula is C13H18O4. The minimum atomic E-state index is -1.15. The topological polar surface area (TPSA) is 58.9 Å². The van der Waals surface area contributed by atoms with Crippen LogP contribution in [0.3, 0.4) is 0 Å². The van der Waals surface area contributed by atoms with E-state index in [1.165, 1.54) is 0 Å². The van der Waals surface area contributed by atoms with Crippen LogP contribution in [0.5, 0.6) is 0 Å². The third kappa shape index (κ3) is 3.26. The fourth-order valence-electron chi connectivity index (χ4n) is 1.97. The van der Waals surface area contributed by atoms with E-state index in [1.807, 2.05) is 37.3 Å². The van der Waals surface area contributed by atoms with E-state index in [4.69, 9.17) is 9.47 Å². The van der Waals surface area contributed by atoms with Gasteiger partial charge in [0, 0.05) is 6.42 Å². The molecule has 0 radical (unpaired) electrons. The third-order valence-corrected chi connectivity index (χ3v) is 2.92. The summed E-state index contributed by atoms with van der Waals surface area (Å²) in [5.41, 5.74) is 1.05. The monoisotopic (exact) mass is 238 g/mol. The highest BCUT2D eigenvalue weighted by molar-refractivity contribution is 5.13. The van der Waals surface area contributed by atoms with Gasteiger partial charge in [0.25, 0.3) is 0 Å². The smallest absolute Gasteiger partial charge is 0.183 e. The first-order chi connectivity index (χ1) is 8.16. The predicted octanol–water partition coefficient (Wildman–Crippen LogP) is 1.06. The molecule has 4 atom stereocenters. The molecule has 2 N–H and O–H groups in total. The second kappa shape index (κ2) is 5.60. The Bertz CT molecular complexity index is 341. The maximum Gasteiger partial charge on any atom is 0.183 e. The Balaban J connectivity index is 1.89. The number of aliphatic hydroxyl groups is 2. The van der Waals surface area contributed by atoms with Gasteiger partial charge in [0.1, 0.15) is 6.10 Å². The molecule has 0 unspecified atom stereocenters. The van der Waals surface area contributed by atoms with Gasteiger partial charge < -0.3 is 19.7 Å². The van der Waals surface area contributed by atoms with E-state index in [2.05, 4.69) is 0 Å². The van der Waals surface area contributed by atoms with Crippen LogP contribution in [0.25, 0.3) is 0 Å². The lowest BCUT2D eigenvalue weighted by molar-refractivity contribution is -0.253. The standard InChI is InChI=1S/C13H18O4/c1-9-7-11(12(14)13(15)17-9)16-8-10-5-3-2-4-6-10/h2-6,9,11-15H,7-8H2,1H3/t9-,11+,12-,13+/m1/s1. The van der Waals surface area contributed by atoms with Crippen LogP contribution in [0.1, 0.15) is 18.9 Å². The molecule has 4 nitrogen and oxygen atoms in total. The average Bonchev–Trinajstić information content (AvgIpc) is 2.33. The van der Waals surface area contributed by atoms with Crippen molar-refractivity contribution in [1.82, 2.24) is 0 Å². The summed E-state index contributed by atoms with van der Waals surface area (Å²) >= 11 is 0. The second-order valence-electron chi connectivity index (χ2n) is 4.40. The SMILES string of the molecule is C[C@@H]1C[C@H](OCc2ccccc2)[C@@H](O)[C@@H](O)O1. The lowest BCUT2D eigenvalue weighted by atomic mass is 10.0. The number of ether oxygens (including phenoxy) is 2. The highest BCUT2D eigenvalue weighted by Gasteiger charge is 2.35. The van der Waals surface area contributed by atoms with Crippen molar-refractivity contribution in [2.24, 2.45) is 0 Å². The molecule has 1 aliphatic heterocycles. The maximum absolute atomic E-state index is 9.73. The Morgan fingerprint density at radius 2 is 2.00 bits per heavy atom. The van der Waals surface area contributed by atoms with Crippen molar-refractivity contribution in [3.63, 3.8) is 0 Å². The van der Waals surface area contributed by atoms with Gasteiger partial charge >= 0.3 is 0 Å². The van der Waals surface area contributed by atoms with E-state index in [1.54, 1.807) is 0 Å². The Morgan fingerprint density at radius 1 is 1.29 bits per heavy atom. The maximum atomic E-state index is 9.73. The molecule has 0 saturated carbocycles. The molecule has 2 rings (SSSR count). The number of aliphatic hydroxyl groups excluding tert-OH is 2. The van der Waals surface area contributed by atoms with Crippen LogP contribution in [0.15, 0.2) is 30.3 Å². The number of hydrogen-bond donors (Lipinski definition) is 2. The van der Waals surface area contributed by atoms with E-state index in [0.29, 0.717) is 13.0 Å². The minimum absolute atomic E-state index is 0.103. The van der Waals surface area contributed by atoms with E-state index < -0.39 is 12.4 Å². The number of hydrogen-bond acceptors (Lipinski definition) is 4. The van der Waals surface area contributed by atoms with Crippen LogP contribution in [0, 0.1) is 0 Å². The molecule has 4 heteroatoms. The largest absolute Gasteiger partial charge is 0.385 e. The first kappa shape index (κ1) is 12.5. The Kier molecular flexibility index (Phi) is 4.12. The van der Waals surface area contributed by atoms with Crippen LogP contribution in [0.2, 0.25) is 0 Å². The van der Waals surface area contributed by atoms with Crippen LogP contribution < -0.4 is 0 Å². The molecule has 0 aromatic heterocycles. The molecule has 17 heavy (non-hydrogen) atoms. The minimum Gasteiger partial charge on any atom is -0.385 e. The molecule has 1 aromatic rings. The summed E-state index contributed by atoms with van der Waals surface area (Å²) in [4.78, 5) is 0. The quantitative estimate of drug-likeness (QED) is 0.826. The summed E-state index contributed by atoms with van der Waals surface area (Å²) in [6.07, 6.45) is -2.03. The average molecular weight is 238 g/mol. The van der Waals surface area contributed by atoms with E-state index in [0.717, 1.165) is 5.56 Å². The van der Waals surface area contributed by atoms with Gasteiger partial charge in [-0.3, -0.25) is 0 Å². The molecule has 1 aromatic carbocycles. The van der Waals surface area contributed by atoms with Crippen LogP contribution >= 0.6 is 0 Å². The number of rotatable bonds is 3. The van der Waals surface area contributed by atoms with Crippen molar-refractivity contribution in [3.05, 3.63) is 35.9 Å². The normalized spacial score (nSPS) is 33.6. The first-order valence-corrected chi connectivity index (χ1v) is 5.84. The lowest BCUT2D eigenvalue weighted by Crippen LogP contribution is -2.48. The molecule has 0 aliphatic carbocycles. The summed E-state index contributed by atoms with van der Waals surface area (Å²) in [5, 5.41) is 19.2. The second-order valence-corrected chi connectivity index (χ2v) is 4.40. The predicted molar refractivity (Wildman–Crippen MR) is 62.2 cm³/mol. The Morgan fingerprint density at radius 3 is 2.71 bits per heavy atom. The lowest BCUT2D eigenvalue weighted by Gasteiger charge is -2.35. The molecule has 94 valence electrons. The zero-order valence-electron chi connectivity index (χ0n) is 9.82. The molecule has 0 amide bonds. The zero-order valence-corrected chi connectivity index (χ0v) is 9.82. The zero-order chi connectivity index (χ0) is 12.3. The van der Waals surface area contributed by atoms with Crippen LogP contribution in [-0.4, -0.2) is 34.8 Å². The Hall–Kier alpha value is -0.940. The van der Waals surface area contributed by atoms with Gasteiger partial charge in [-0.25, -0.2) is 0 Å². The summed E-state index contributed by atoms with van der Waals surface area (Å²) in [6, 6.07) is 9.75. The molecule has 1 fully saturated rings. The molecular weight excluding hydrogens is 220 g/mol. The van der Waals surface area contributed by atoms with Crippen molar-refractivity contribution in [3.8, 4) is 0 Å². The molecule has 1 heterocycles. The van der Waals surface area contributed by atoms with Gasteiger partial charge in [0.05, 0.1) is 18.8 Å². The van der Waals surface area contributed by atoms with E-state index in [9.17, 15) is 10.2 Å². The van der Waals surface area contributed by atoms with Crippen LogP contribution in [-0.2, 0) is 16.1 Å². The first-order valence-electron chi connectivity index (χ1n) is 5.84. The molecule has 1 aliphatic rings. The molecule has 0 spiro atoms. The summed E-state index contributed by atoms with van der Waals surface area (Å²) in [6.45, 7) is 2.29. The third-order valence-electron chi connectivity index (χ3n) is 2.92. The van der Waals surface area contributed by atoms with Crippen molar-refractivity contribution in [2.45, 2.75) is 44.6 Å². The highest BCUT2D eigenvalue weighted by atomic mass is 16.6.